The number of rotatable bonds is 5. The van der Waals surface area contributed by atoms with E-state index in [4.69, 9.17) is 0 Å². The number of allylic oxidation sites excluding steroid dienone is 1. The number of aromatic amines is 1. The van der Waals surface area contributed by atoms with Gasteiger partial charge in [0.25, 0.3) is 0 Å². The van der Waals surface area contributed by atoms with Gasteiger partial charge in [0, 0.05) is 16.8 Å². The highest BCUT2D eigenvalue weighted by atomic mass is 19.3. The van der Waals surface area contributed by atoms with Gasteiger partial charge in [0.15, 0.2) is 5.78 Å². The molecule has 0 saturated carbocycles. The van der Waals surface area contributed by atoms with Gasteiger partial charge >= 0.3 is 6.61 Å². The van der Waals surface area contributed by atoms with Crippen LogP contribution in [-0.2, 0) is 0 Å². The summed E-state index contributed by atoms with van der Waals surface area (Å²) in [6, 6.07) is 5.56. The van der Waals surface area contributed by atoms with Crippen LogP contribution in [0.15, 0.2) is 30.3 Å². The summed E-state index contributed by atoms with van der Waals surface area (Å²) < 4.78 is 28.3. The number of H-pyrrole nitrogens is 1. The molecular formula is C15H14F2N2O2. The van der Waals surface area contributed by atoms with Crippen LogP contribution in [0.3, 0.4) is 0 Å². The van der Waals surface area contributed by atoms with E-state index >= 15 is 0 Å². The lowest BCUT2D eigenvalue weighted by Gasteiger charge is -2.04. The standard InChI is InChI=1S/C15H14F2N2O2/c1-9-13(10(2)19-18-9)7-8-14(20)11-3-5-12(6-4-11)21-15(16)17/h3-8,15H,1-2H3,(H,18,19)/b8-7+. The lowest BCUT2D eigenvalue weighted by atomic mass is 10.1. The van der Waals surface area contributed by atoms with Gasteiger partial charge in [0.1, 0.15) is 5.75 Å². The number of ketones is 1. The second kappa shape index (κ2) is 6.30. The summed E-state index contributed by atoms with van der Waals surface area (Å²) in [5.74, 6) is -0.203. The Bertz CT molecular complexity index is 641. The molecule has 1 N–H and O–H groups in total. The number of halogens is 2. The summed E-state index contributed by atoms with van der Waals surface area (Å²) >= 11 is 0. The van der Waals surface area contributed by atoms with Crippen LogP contribution in [0.25, 0.3) is 6.08 Å². The van der Waals surface area contributed by atoms with Crippen molar-refractivity contribution in [3.8, 4) is 5.75 Å². The Morgan fingerprint density at radius 1 is 1.29 bits per heavy atom. The molecule has 0 radical (unpaired) electrons. The predicted molar refractivity (Wildman–Crippen MR) is 74.5 cm³/mol. The number of carbonyl (C=O) groups is 1. The van der Waals surface area contributed by atoms with Crippen molar-refractivity contribution in [2.45, 2.75) is 20.5 Å². The molecule has 2 aromatic rings. The summed E-state index contributed by atoms with van der Waals surface area (Å²) in [7, 11) is 0. The molecule has 0 aliphatic rings. The number of aromatic nitrogens is 2. The first kappa shape index (κ1) is 14.9. The van der Waals surface area contributed by atoms with Crippen LogP contribution in [0.4, 0.5) is 8.78 Å². The Morgan fingerprint density at radius 3 is 2.48 bits per heavy atom. The molecule has 1 aromatic heterocycles. The Balaban J connectivity index is 2.10. The molecule has 0 aliphatic carbocycles. The molecule has 0 fully saturated rings. The number of hydrogen-bond acceptors (Lipinski definition) is 3. The normalized spacial score (nSPS) is 11.3. The average Bonchev–Trinajstić information content (AvgIpc) is 2.75. The average molecular weight is 292 g/mol. The maximum atomic E-state index is 12.0. The van der Waals surface area contributed by atoms with E-state index in [1.807, 2.05) is 13.8 Å². The van der Waals surface area contributed by atoms with Crippen molar-refractivity contribution in [3.05, 3.63) is 52.9 Å². The van der Waals surface area contributed by atoms with Gasteiger partial charge in [-0.15, -0.1) is 0 Å². The molecule has 6 heteroatoms. The fourth-order valence-electron chi connectivity index (χ4n) is 1.86. The van der Waals surface area contributed by atoms with E-state index in [2.05, 4.69) is 14.9 Å². The van der Waals surface area contributed by atoms with Crippen LogP contribution in [0, 0.1) is 13.8 Å². The zero-order chi connectivity index (χ0) is 15.4. The van der Waals surface area contributed by atoms with Gasteiger partial charge in [-0.2, -0.15) is 13.9 Å². The first-order valence-corrected chi connectivity index (χ1v) is 6.26. The summed E-state index contributed by atoms with van der Waals surface area (Å²) in [6.07, 6.45) is 3.11. The molecule has 1 heterocycles. The van der Waals surface area contributed by atoms with Crippen molar-refractivity contribution in [2.24, 2.45) is 0 Å². The molecule has 0 spiro atoms. The topological polar surface area (TPSA) is 55.0 Å². The Labute approximate surface area is 120 Å². The van der Waals surface area contributed by atoms with E-state index in [1.54, 1.807) is 6.08 Å². The summed E-state index contributed by atoms with van der Waals surface area (Å²) in [6.45, 7) is 0.823. The second-order valence-electron chi connectivity index (χ2n) is 4.45. The molecule has 21 heavy (non-hydrogen) atoms. The third kappa shape index (κ3) is 3.75. The minimum Gasteiger partial charge on any atom is -0.435 e. The molecule has 1 aromatic carbocycles. The monoisotopic (exact) mass is 292 g/mol. The first-order chi connectivity index (χ1) is 9.97. The smallest absolute Gasteiger partial charge is 0.387 e. The summed E-state index contributed by atoms with van der Waals surface area (Å²) in [5.41, 5.74) is 2.93. The Morgan fingerprint density at radius 2 is 1.95 bits per heavy atom. The third-order valence-corrected chi connectivity index (χ3v) is 2.95. The zero-order valence-corrected chi connectivity index (χ0v) is 11.6. The minimum absolute atomic E-state index is 0.0204. The van der Waals surface area contributed by atoms with Gasteiger partial charge in [-0.3, -0.25) is 9.89 Å². The van der Waals surface area contributed by atoms with Crippen LogP contribution in [-0.4, -0.2) is 22.6 Å². The molecule has 0 amide bonds. The number of aryl methyl sites for hydroxylation is 2. The third-order valence-electron chi connectivity index (χ3n) is 2.95. The van der Waals surface area contributed by atoms with Gasteiger partial charge in [-0.25, -0.2) is 0 Å². The van der Waals surface area contributed by atoms with Gasteiger partial charge in [0.05, 0.1) is 5.69 Å². The molecule has 110 valence electrons. The number of hydrogen-bond donors (Lipinski definition) is 1. The molecular weight excluding hydrogens is 278 g/mol. The van der Waals surface area contributed by atoms with Gasteiger partial charge in [0.2, 0.25) is 0 Å². The zero-order valence-electron chi connectivity index (χ0n) is 11.6. The number of nitrogens with zero attached hydrogens (tertiary/aromatic N) is 1. The number of benzene rings is 1. The molecule has 0 aliphatic heterocycles. The SMILES string of the molecule is Cc1n[nH]c(C)c1/C=C/C(=O)c1ccc(OC(F)F)cc1. The highest BCUT2D eigenvalue weighted by Gasteiger charge is 2.07. The molecule has 0 unspecified atom stereocenters. The van der Waals surface area contributed by atoms with Crippen molar-refractivity contribution in [1.29, 1.82) is 0 Å². The van der Waals surface area contributed by atoms with Crippen LogP contribution in [0.2, 0.25) is 0 Å². The number of carbonyl (C=O) groups excluding carboxylic acids is 1. The van der Waals surface area contributed by atoms with E-state index in [1.165, 1.54) is 30.3 Å². The fraction of sp³-hybridized carbons (Fsp3) is 0.200. The van der Waals surface area contributed by atoms with E-state index in [9.17, 15) is 13.6 Å². The molecule has 4 nitrogen and oxygen atoms in total. The second-order valence-corrected chi connectivity index (χ2v) is 4.45. The van der Waals surface area contributed by atoms with Crippen molar-refractivity contribution in [2.75, 3.05) is 0 Å². The lowest BCUT2D eigenvalue weighted by Crippen LogP contribution is -2.02. The van der Waals surface area contributed by atoms with E-state index in [-0.39, 0.29) is 11.5 Å². The highest BCUT2D eigenvalue weighted by Crippen LogP contribution is 2.16. The van der Waals surface area contributed by atoms with Gasteiger partial charge in [-0.1, -0.05) is 0 Å². The molecule has 0 saturated heterocycles. The lowest BCUT2D eigenvalue weighted by molar-refractivity contribution is -0.0498. The van der Waals surface area contributed by atoms with Gasteiger partial charge in [-0.05, 0) is 50.3 Å². The minimum atomic E-state index is -2.88. The summed E-state index contributed by atoms with van der Waals surface area (Å²) in [4.78, 5) is 12.0. The van der Waals surface area contributed by atoms with Crippen LogP contribution in [0.5, 0.6) is 5.75 Å². The van der Waals surface area contributed by atoms with Crippen LogP contribution < -0.4 is 4.74 Å². The fourth-order valence-corrected chi connectivity index (χ4v) is 1.86. The van der Waals surface area contributed by atoms with Crippen LogP contribution in [0.1, 0.15) is 27.3 Å². The Hall–Kier alpha value is -2.50. The number of ether oxygens (including phenoxy) is 1. The Kier molecular flexibility index (Phi) is 4.47. The maximum Gasteiger partial charge on any atom is 0.387 e. The van der Waals surface area contributed by atoms with E-state index in [0.717, 1.165) is 17.0 Å². The number of nitrogens with one attached hydrogen (secondary N) is 1. The maximum absolute atomic E-state index is 12.0. The first-order valence-electron chi connectivity index (χ1n) is 6.26. The largest absolute Gasteiger partial charge is 0.435 e. The van der Waals surface area contributed by atoms with Gasteiger partial charge < -0.3 is 4.74 Å². The highest BCUT2D eigenvalue weighted by molar-refractivity contribution is 6.06. The van der Waals surface area contributed by atoms with Crippen molar-refractivity contribution >= 4 is 11.9 Å². The van der Waals surface area contributed by atoms with Crippen molar-refractivity contribution < 1.29 is 18.3 Å². The van der Waals surface area contributed by atoms with E-state index < -0.39 is 6.61 Å². The van der Waals surface area contributed by atoms with Crippen molar-refractivity contribution in [1.82, 2.24) is 10.2 Å². The quantitative estimate of drug-likeness (QED) is 0.677. The molecule has 2 rings (SSSR count). The predicted octanol–water partition coefficient (Wildman–Crippen LogP) is 3.52. The molecule has 0 bridgehead atoms. The van der Waals surface area contributed by atoms with Crippen molar-refractivity contribution in [3.63, 3.8) is 0 Å². The summed E-state index contributed by atoms with van der Waals surface area (Å²) in [5, 5.41) is 6.86. The van der Waals surface area contributed by atoms with Crippen LogP contribution >= 0.6 is 0 Å². The number of alkyl halides is 2. The van der Waals surface area contributed by atoms with E-state index in [0.29, 0.717) is 5.56 Å². The molecule has 0 atom stereocenters.